The van der Waals surface area contributed by atoms with Crippen LogP contribution >= 0.6 is 11.6 Å². The van der Waals surface area contributed by atoms with Gasteiger partial charge in [-0.05, 0) is 47.9 Å². The summed E-state index contributed by atoms with van der Waals surface area (Å²) in [6, 6.07) is 17.4. The van der Waals surface area contributed by atoms with Crippen LogP contribution in [0.4, 0.5) is 0 Å². The molecule has 20 heavy (non-hydrogen) atoms. The summed E-state index contributed by atoms with van der Waals surface area (Å²) in [6.07, 6.45) is 5.10. The van der Waals surface area contributed by atoms with Crippen LogP contribution < -0.4 is 0 Å². The second-order valence-corrected chi connectivity index (χ2v) is 6.31. The molecule has 0 saturated heterocycles. The highest BCUT2D eigenvalue weighted by atomic mass is 35.5. The van der Waals surface area contributed by atoms with Crippen LogP contribution in [0.2, 0.25) is 0 Å². The van der Waals surface area contributed by atoms with Crippen LogP contribution in [0.25, 0.3) is 0 Å². The van der Waals surface area contributed by atoms with Crippen molar-refractivity contribution in [2.45, 2.75) is 43.9 Å². The van der Waals surface area contributed by atoms with Crippen LogP contribution in [0.1, 0.15) is 53.3 Å². The summed E-state index contributed by atoms with van der Waals surface area (Å²) >= 11 is 6.73. The van der Waals surface area contributed by atoms with Crippen molar-refractivity contribution in [2.75, 3.05) is 0 Å². The Hall–Kier alpha value is -1.27. The largest absolute Gasteiger partial charge is 0.117 e. The molecule has 1 aliphatic carbocycles. The standard InChI is InChI=1S/C19H21Cl/c1-14(15-7-3-2-4-8-15)19(20)18-12-11-16-9-5-6-10-17(16)13-18/h2-4,7-8,11-14,19H,5-6,9-10H2,1H3. The van der Waals surface area contributed by atoms with E-state index >= 15 is 0 Å². The van der Waals surface area contributed by atoms with Gasteiger partial charge in [-0.25, -0.2) is 0 Å². The smallest absolute Gasteiger partial charge is 0.0651 e. The van der Waals surface area contributed by atoms with Crippen molar-refractivity contribution in [3.63, 3.8) is 0 Å². The molecule has 3 rings (SSSR count). The van der Waals surface area contributed by atoms with Crippen LogP contribution in [-0.2, 0) is 12.8 Å². The summed E-state index contributed by atoms with van der Waals surface area (Å²) < 4.78 is 0. The fourth-order valence-corrected chi connectivity index (χ4v) is 3.42. The van der Waals surface area contributed by atoms with Gasteiger partial charge in [0.2, 0.25) is 0 Å². The van der Waals surface area contributed by atoms with Gasteiger partial charge in [-0.1, -0.05) is 55.5 Å². The van der Waals surface area contributed by atoms with Crippen LogP contribution in [0.3, 0.4) is 0 Å². The minimum absolute atomic E-state index is 0.0460. The third kappa shape index (κ3) is 2.76. The Morgan fingerprint density at radius 1 is 0.850 bits per heavy atom. The van der Waals surface area contributed by atoms with Crippen LogP contribution in [0.5, 0.6) is 0 Å². The lowest BCUT2D eigenvalue weighted by Gasteiger charge is -2.22. The number of aryl methyl sites for hydroxylation is 2. The normalized spacial score (nSPS) is 17.3. The lowest BCUT2D eigenvalue weighted by Crippen LogP contribution is -2.07. The highest BCUT2D eigenvalue weighted by Gasteiger charge is 2.20. The van der Waals surface area contributed by atoms with Gasteiger partial charge in [0.1, 0.15) is 0 Å². The number of benzene rings is 2. The second kappa shape index (κ2) is 6.01. The Morgan fingerprint density at radius 2 is 1.55 bits per heavy atom. The molecule has 0 N–H and O–H groups in total. The molecular weight excluding hydrogens is 264 g/mol. The average molecular weight is 285 g/mol. The van der Waals surface area contributed by atoms with Crippen molar-refractivity contribution < 1.29 is 0 Å². The topological polar surface area (TPSA) is 0 Å². The molecule has 2 aromatic rings. The van der Waals surface area contributed by atoms with E-state index in [-0.39, 0.29) is 5.38 Å². The Bertz CT molecular complexity index is 574. The van der Waals surface area contributed by atoms with Crippen molar-refractivity contribution in [2.24, 2.45) is 0 Å². The Balaban J connectivity index is 1.85. The first-order chi connectivity index (χ1) is 9.75. The predicted molar refractivity (Wildman–Crippen MR) is 86.5 cm³/mol. The van der Waals surface area contributed by atoms with E-state index < -0.39 is 0 Å². The molecule has 0 saturated carbocycles. The Kier molecular flexibility index (Phi) is 4.12. The Labute approximate surface area is 126 Å². The highest BCUT2D eigenvalue weighted by Crippen LogP contribution is 2.37. The van der Waals surface area contributed by atoms with Gasteiger partial charge in [0, 0.05) is 5.92 Å². The lowest BCUT2D eigenvalue weighted by molar-refractivity contribution is 0.679. The van der Waals surface area contributed by atoms with Gasteiger partial charge in [-0.2, -0.15) is 0 Å². The Morgan fingerprint density at radius 3 is 2.30 bits per heavy atom. The molecule has 0 radical (unpaired) electrons. The summed E-state index contributed by atoms with van der Waals surface area (Å²) in [6.45, 7) is 2.21. The van der Waals surface area contributed by atoms with E-state index in [1.807, 2.05) is 0 Å². The number of alkyl halides is 1. The van der Waals surface area contributed by atoms with E-state index in [2.05, 4.69) is 55.5 Å². The molecule has 0 amide bonds. The number of halogens is 1. The minimum atomic E-state index is 0.0460. The van der Waals surface area contributed by atoms with E-state index in [4.69, 9.17) is 11.6 Å². The maximum atomic E-state index is 6.73. The maximum Gasteiger partial charge on any atom is 0.0651 e. The zero-order valence-corrected chi connectivity index (χ0v) is 12.7. The molecule has 2 atom stereocenters. The van der Waals surface area contributed by atoms with E-state index in [1.165, 1.54) is 47.9 Å². The summed E-state index contributed by atoms with van der Waals surface area (Å²) in [5.41, 5.74) is 5.62. The van der Waals surface area contributed by atoms with Crippen LogP contribution in [-0.4, -0.2) is 0 Å². The average Bonchev–Trinajstić information content (AvgIpc) is 2.54. The molecule has 1 aliphatic rings. The first kappa shape index (κ1) is 13.7. The van der Waals surface area contributed by atoms with Gasteiger partial charge in [-0.3, -0.25) is 0 Å². The van der Waals surface area contributed by atoms with Gasteiger partial charge in [0.25, 0.3) is 0 Å². The quantitative estimate of drug-likeness (QED) is 0.639. The molecule has 0 nitrogen and oxygen atoms in total. The van der Waals surface area contributed by atoms with E-state index in [1.54, 1.807) is 0 Å². The molecule has 0 spiro atoms. The number of rotatable bonds is 3. The first-order valence-corrected chi connectivity index (χ1v) is 8.00. The maximum absolute atomic E-state index is 6.73. The molecule has 0 heterocycles. The van der Waals surface area contributed by atoms with Gasteiger partial charge < -0.3 is 0 Å². The third-order valence-electron chi connectivity index (χ3n) is 4.46. The molecule has 0 aromatic heterocycles. The summed E-state index contributed by atoms with van der Waals surface area (Å²) in [5.74, 6) is 0.333. The number of hydrogen-bond acceptors (Lipinski definition) is 0. The third-order valence-corrected chi connectivity index (χ3v) is 5.09. The van der Waals surface area contributed by atoms with Gasteiger partial charge in [0.05, 0.1) is 5.38 Å². The van der Waals surface area contributed by atoms with Gasteiger partial charge in [0.15, 0.2) is 0 Å². The fraction of sp³-hybridized carbons (Fsp3) is 0.368. The summed E-state index contributed by atoms with van der Waals surface area (Å²) in [4.78, 5) is 0. The van der Waals surface area contributed by atoms with Crippen LogP contribution in [0, 0.1) is 0 Å². The predicted octanol–water partition coefficient (Wildman–Crippen LogP) is 5.65. The minimum Gasteiger partial charge on any atom is -0.117 e. The van der Waals surface area contributed by atoms with Gasteiger partial charge >= 0.3 is 0 Å². The SMILES string of the molecule is CC(c1ccccc1)C(Cl)c1ccc2c(c1)CCCC2. The molecule has 1 heteroatoms. The lowest BCUT2D eigenvalue weighted by atomic mass is 9.87. The zero-order chi connectivity index (χ0) is 13.9. The number of hydrogen-bond donors (Lipinski definition) is 0. The van der Waals surface area contributed by atoms with Crippen molar-refractivity contribution in [3.8, 4) is 0 Å². The van der Waals surface area contributed by atoms with E-state index in [0.717, 1.165) is 0 Å². The van der Waals surface area contributed by atoms with Crippen molar-refractivity contribution in [1.29, 1.82) is 0 Å². The molecular formula is C19H21Cl. The van der Waals surface area contributed by atoms with Crippen LogP contribution in [0.15, 0.2) is 48.5 Å². The first-order valence-electron chi connectivity index (χ1n) is 7.56. The monoisotopic (exact) mass is 284 g/mol. The molecule has 0 bridgehead atoms. The molecule has 2 unspecified atom stereocenters. The molecule has 104 valence electrons. The zero-order valence-electron chi connectivity index (χ0n) is 12.0. The summed E-state index contributed by atoms with van der Waals surface area (Å²) in [5, 5.41) is 0.0460. The van der Waals surface area contributed by atoms with E-state index in [0.29, 0.717) is 5.92 Å². The number of fused-ring (bicyclic) bond motifs is 1. The van der Waals surface area contributed by atoms with Crippen molar-refractivity contribution in [1.82, 2.24) is 0 Å². The fourth-order valence-electron chi connectivity index (χ4n) is 3.14. The van der Waals surface area contributed by atoms with E-state index in [9.17, 15) is 0 Å². The molecule has 2 aromatic carbocycles. The molecule has 0 aliphatic heterocycles. The summed E-state index contributed by atoms with van der Waals surface area (Å²) in [7, 11) is 0. The van der Waals surface area contributed by atoms with Gasteiger partial charge in [-0.15, -0.1) is 11.6 Å². The second-order valence-electron chi connectivity index (χ2n) is 5.84. The highest BCUT2D eigenvalue weighted by molar-refractivity contribution is 6.21. The van der Waals surface area contributed by atoms with Crippen molar-refractivity contribution >= 4 is 11.6 Å². The molecule has 0 fully saturated rings. The van der Waals surface area contributed by atoms with Crippen molar-refractivity contribution in [3.05, 3.63) is 70.8 Å².